The van der Waals surface area contributed by atoms with Crippen molar-refractivity contribution in [2.45, 2.75) is 11.4 Å². The van der Waals surface area contributed by atoms with E-state index in [0.29, 0.717) is 23.8 Å². The number of hydrogen-bond acceptors (Lipinski definition) is 6. The van der Waals surface area contributed by atoms with E-state index in [0.717, 1.165) is 10.9 Å². The Hall–Kier alpha value is -3.41. The third-order valence-corrected chi connectivity index (χ3v) is 8.21. The average molecular weight is 532 g/mol. The van der Waals surface area contributed by atoms with Gasteiger partial charge < -0.3 is 14.4 Å². The van der Waals surface area contributed by atoms with Crippen LogP contribution in [0.15, 0.2) is 71.2 Å². The minimum absolute atomic E-state index is 0. The summed E-state index contributed by atoms with van der Waals surface area (Å²) in [6.07, 6.45) is 3.32. The lowest BCUT2D eigenvalue weighted by Gasteiger charge is -2.34. The Morgan fingerprint density at radius 2 is 1.94 bits per heavy atom. The van der Waals surface area contributed by atoms with Crippen molar-refractivity contribution < 1.29 is 19.4 Å². The number of rotatable bonds is 6. The summed E-state index contributed by atoms with van der Waals surface area (Å²) in [5, 5.41) is 3.46. The van der Waals surface area contributed by atoms with Crippen LogP contribution >= 0.6 is 22.9 Å². The lowest BCUT2D eigenvalue weighted by molar-refractivity contribution is -0.137. The first-order valence-corrected chi connectivity index (χ1v) is 13.4. The topological polar surface area (TPSA) is 105 Å². The number of carbonyl (C=O) groups is 2. The Morgan fingerprint density at radius 3 is 2.66 bits per heavy atom. The van der Waals surface area contributed by atoms with Crippen LogP contribution in [0.5, 0.6) is 0 Å². The molecular formula is C23H22ClN5O4S2. The highest BCUT2D eigenvalue weighted by Crippen LogP contribution is 2.25. The van der Waals surface area contributed by atoms with Crippen molar-refractivity contribution in [1.82, 2.24) is 14.5 Å². The van der Waals surface area contributed by atoms with Crippen LogP contribution in [0.2, 0.25) is 5.02 Å². The highest BCUT2D eigenvalue weighted by atomic mass is 35.5. The van der Waals surface area contributed by atoms with E-state index in [-0.39, 0.29) is 36.4 Å². The van der Waals surface area contributed by atoms with E-state index in [1.807, 2.05) is 24.4 Å². The molecule has 2 aromatic carbocycles. The number of benzene rings is 2. The van der Waals surface area contributed by atoms with Crippen molar-refractivity contribution in [2.75, 3.05) is 29.3 Å². The summed E-state index contributed by atoms with van der Waals surface area (Å²) in [4.78, 5) is 32.8. The summed E-state index contributed by atoms with van der Waals surface area (Å²) < 4.78 is 29.3. The second-order valence-corrected chi connectivity index (χ2v) is 10.9. The van der Waals surface area contributed by atoms with Gasteiger partial charge in [-0.25, -0.2) is 13.4 Å². The molecule has 1 aliphatic rings. The summed E-state index contributed by atoms with van der Waals surface area (Å²) in [7, 11) is -3.78. The molecular weight excluding hydrogens is 510 g/mol. The van der Waals surface area contributed by atoms with Crippen molar-refractivity contribution in [2.24, 2.45) is 0 Å². The predicted molar refractivity (Wildman–Crippen MR) is 137 cm³/mol. The van der Waals surface area contributed by atoms with Crippen molar-refractivity contribution in [1.29, 1.82) is 0 Å². The first-order chi connectivity index (χ1) is 16.8. The Bertz CT molecular complexity index is 1510. The second-order valence-electron chi connectivity index (χ2n) is 7.92. The highest BCUT2D eigenvalue weighted by Gasteiger charge is 2.28. The van der Waals surface area contributed by atoms with Gasteiger partial charge in [0.15, 0.2) is 5.13 Å². The molecule has 0 aliphatic carbocycles. The number of amides is 2. The van der Waals surface area contributed by atoms with Gasteiger partial charge in [0.05, 0.1) is 15.4 Å². The largest absolute Gasteiger partial charge is 0.337 e. The van der Waals surface area contributed by atoms with Gasteiger partial charge in [-0.3, -0.25) is 14.3 Å². The summed E-state index contributed by atoms with van der Waals surface area (Å²) in [6.45, 7) is 0.695. The number of nitrogens with one attached hydrogen (secondary N) is 1. The van der Waals surface area contributed by atoms with Gasteiger partial charge in [-0.15, -0.1) is 11.3 Å². The Balaban J connectivity index is 0.00000304. The summed E-state index contributed by atoms with van der Waals surface area (Å²) in [6, 6.07) is 13.5. The molecule has 2 aromatic heterocycles. The zero-order valence-electron chi connectivity index (χ0n) is 18.3. The van der Waals surface area contributed by atoms with Crippen LogP contribution in [0.25, 0.3) is 10.9 Å². The molecule has 3 heterocycles. The SMILES string of the molecule is O=C(Cn1ccc2cccc(Cl)c21)N1CCN(c2ccc(S(=O)(=O)Nc3nccs3)cc2)C(=O)C1.[HH]. The molecule has 5 rings (SSSR count). The molecule has 182 valence electrons. The molecule has 1 fully saturated rings. The van der Waals surface area contributed by atoms with Gasteiger partial charge in [0.1, 0.15) is 13.1 Å². The van der Waals surface area contributed by atoms with Crippen molar-refractivity contribution in [3.8, 4) is 0 Å². The number of carbonyl (C=O) groups excluding carboxylic acids is 2. The van der Waals surface area contributed by atoms with Gasteiger partial charge in [-0.1, -0.05) is 23.7 Å². The lowest BCUT2D eigenvalue weighted by Crippen LogP contribution is -2.53. The van der Waals surface area contributed by atoms with E-state index in [9.17, 15) is 18.0 Å². The van der Waals surface area contributed by atoms with E-state index in [4.69, 9.17) is 11.6 Å². The third kappa shape index (κ3) is 4.75. The van der Waals surface area contributed by atoms with E-state index in [1.54, 1.807) is 33.0 Å². The van der Waals surface area contributed by atoms with Crippen molar-refractivity contribution >= 4 is 66.5 Å². The molecule has 0 atom stereocenters. The number of anilines is 2. The molecule has 4 aromatic rings. The minimum atomic E-state index is -3.78. The monoisotopic (exact) mass is 531 g/mol. The van der Waals surface area contributed by atoms with Crippen LogP contribution in [-0.2, 0) is 26.2 Å². The molecule has 0 saturated carbocycles. The van der Waals surface area contributed by atoms with Gasteiger partial charge in [0.25, 0.3) is 10.0 Å². The zero-order valence-corrected chi connectivity index (χ0v) is 20.7. The summed E-state index contributed by atoms with van der Waals surface area (Å²) in [5.74, 6) is -0.415. The van der Waals surface area contributed by atoms with Gasteiger partial charge in [0, 0.05) is 43.4 Å². The molecule has 12 heteroatoms. The molecule has 1 N–H and O–H groups in total. The van der Waals surface area contributed by atoms with E-state index in [1.165, 1.54) is 34.6 Å². The van der Waals surface area contributed by atoms with E-state index < -0.39 is 10.0 Å². The molecule has 2 amide bonds. The van der Waals surface area contributed by atoms with Crippen LogP contribution in [0.3, 0.4) is 0 Å². The van der Waals surface area contributed by atoms with Crippen LogP contribution in [-0.4, -0.2) is 54.3 Å². The Kier molecular flexibility index (Phi) is 6.22. The van der Waals surface area contributed by atoms with Crippen LogP contribution in [0.1, 0.15) is 1.43 Å². The van der Waals surface area contributed by atoms with E-state index in [2.05, 4.69) is 9.71 Å². The Labute approximate surface area is 212 Å². The van der Waals surface area contributed by atoms with E-state index >= 15 is 0 Å². The summed E-state index contributed by atoms with van der Waals surface area (Å²) in [5.41, 5.74) is 1.35. The first-order valence-electron chi connectivity index (χ1n) is 10.7. The molecule has 0 bridgehead atoms. The van der Waals surface area contributed by atoms with Gasteiger partial charge in [0.2, 0.25) is 11.8 Å². The van der Waals surface area contributed by atoms with Crippen LogP contribution in [0.4, 0.5) is 10.8 Å². The Morgan fingerprint density at radius 1 is 1.14 bits per heavy atom. The molecule has 1 aliphatic heterocycles. The molecule has 0 spiro atoms. The fourth-order valence-electron chi connectivity index (χ4n) is 4.00. The van der Waals surface area contributed by atoms with Crippen LogP contribution in [0, 0.1) is 0 Å². The number of aromatic nitrogens is 2. The molecule has 35 heavy (non-hydrogen) atoms. The molecule has 0 radical (unpaired) electrons. The molecule has 0 unspecified atom stereocenters. The standard InChI is InChI=1S/C23H20ClN5O4S2.H2/c24-19-3-1-2-16-8-10-28(22(16)19)14-20(30)27-11-12-29(21(31)15-27)17-4-6-18(7-5-17)35(32,33)26-23-25-9-13-34-23;/h1-10,13H,11-12,14-15H2,(H,25,26);1H. The molecule has 1 saturated heterocycles. The number of piperazine rings is 1. The van der Waals surface area contributed by atoms with Crippen molar-refractivity contribution in [3.63, 3.8) is 0 Å². The highest BCUT2D eigenvalue weighted by molar-refractivity contribution is 7.93. The number of nitrogens with zero attached hydrogens (tertiary/aromatic N) is 4. The van der Waals surface area contributed by atoms with Crippen LogP contribution < -0.4 is 9.62 Å². The fourth-order valence-corrected chi connectivity index (χ4v) is 6.08. The average Bonchev–Trinajstić information content (AvgIpc) is 3.49. The van der Waals surface area contributed by atoms with Crippen molar-refractivity contribution in [3.05, 3.63) is 71.3 Å². The van der Waals surface area contributed by atoms with Gasteiger partial charge in [-0.05, 0) is 36.4 Å². The number of sulfonamides is 1. The number of hydrogen-bond donors (Lipinski definition) is 1. The first kappa shape index (κ1) is 23.3. The number of para-hydroxylation sites is 1. The maximum absolute atomic E-state index is 12.9. The zero-order chi connectivity index (χ0) is 24.6. The van der Waals surface area contributed by atoms with Gasteiger partial charge >= 0.3 is 0 Å². The van der Waals surface area contributed by atoms with Gasteiger partial charge in [-0.2, -0.15) is 0 Å². The lowest BCUT2D eigenvalue weighted by atomic mass is 10.2. The molecule has 9 nitrogen and oxygen atoms in total. The minimum Gasteiger partial charge on any atom is -0.337 e. The predicted octanol–water partition coefficient (Wildman–Crippen LogP) is 3.67. The number of halogens is 1. The summed E-state index contributed by atoms with van der Waals surface area (Å²) >= 11 is 7.49. The fraction of sp³-hybridized carbons (Fsp3) is 0.174. The maximum atomic E-state index is 12.9. The smallest absolute Gasteiger partial charge is 0.263 e. The maximum Gasteiger partial charge on any atom is 0.263 e. The quantitative estimate of drug-likeness (QED) is 0.409. The number of thiazole rings is 1. The third-order valence-electron chi connectivity index (χ3n) is 5.73. The number of fused-ring (bicyclic) bond motifs is 1. The normalized spacial score (nSPS) is 14.5. The second kappa shape index (κ2) is 9.33.